The van der Waals surface area contributed by atoms with E-state index in [2.05, 4.69) is 10.6 Å². The maximum atomic E-state index is 12.0. The van der Waals surface area contributed by atoms with Crippen LogP contribution in [0.4, 0.5) is 5.69 Å². The molecule has 2 aliphatic rings. The van der Waals surface area contributed by atoms with Crippen LogP contribution < -0.4 is 14.9 Å². The molecule has 7 nitrogen and oxygen atoms in total. The van der Waals surface area contributed by atoms with E-state index in [4.69, 9.17) is 0 Å². The van der Waals surface area contributed by atoms with E-state index in [9.17, 15) is 18.0 Å². The standard InChI is InChI=1S/C15H19N3O4S/c19-14(17-12-4-5-12)10-16-15(20)11-2-6-13(7-3-11)18-8-1-9-23(18,21)22/h2-3,6-7,12H,1,4-5,8-10H2,(H,16,20)(H,17,19). The van der Waals surface area contributed by atoms with Crippen LogP contribution in [0.3, 0.4) is 0 Å². The molecule has 0 atom stereocenters. The second-order valence-electron chi connectivity index (χ2n) is 5.81. The van der Waals surface area contributed by atoms with Crippen LogP contribution >= 0.6 is 0 Å². The number of nitrogens with one attached hydrogen (secondary N) is 2. The Kier molecular flexibility index (Phi) is 4.25. The Morgan fingerprint density at radius 3 is 2.43 bits per heavy atom. The minimum Gasteiger partial charge on any atom is -0.352 e. The van der Waals surface area contributed by atoms with Crippen molar-refractivity contribution in [2.75, 3.05) is 23.1 Å². The molecule has 1 aromatic carbocycles. The highest BCUT2D eigenvalue weighted by molar-refractivity contribution is 7.93. The molecule has 3 rings (SSSR count). The van der Waals surface area contributed by atoms with E-state index in [-0.39, 0.29) is 30.2 Å². The summed E-state index contributed by atoms with van der Waals surface area (Å²) < 4.78 is 25.1. The van der Waals surface area contributed by atoms with Crippen LogP contribution in [0.1, 0.15) is 29.6 Å². The molecule has 2 amide bonds. The van der Waals surface area contributed by atoms with Crippen LogP contribution in [0, 0.1) is 0 Å². The lowest BCUT2D eigenvalue weighted by Crippen LogP contribution is -2.37. The van der Waals surface area contributed by atoms with Crippen LogP contribution in [0.25, 0.3) is 0 Å². The number of anilines is 1. The average molecular weight is 337 g/mol. The van der Waals surface area contributed by atoms with Crippen molar-refractivity contribution in [3.63, 3.8) is 0 Å². The smallest absolute Gasteiger partial charge is 0.251 e. The van der Waals surface area contributed by atoms with Gasteiger partial charge >= 0.3 is 0 Å². The summed E-state index contributed by atoms with van der Waals surface area (Å²) in [6.45, 7) is 0.410. The molecule has 1 aromatic rings. The van der Waals surface area contributed by atoms with Gasteiger partial charge in [0.2, 0.25) is 15.9 Å². The van der Waals surface area contributed by atoms with Gasteiger partial charge in [-0.3, -0.25) is 13.9 Å². The fourth-order valence-corrected chi connectivity index (χ4v) is 4.04. The van der Waals surface area contributed by atoms with Crippen molar-refractivity contribution in [2.45, 2.75) is 25.3 Å². The third kappa shape index (κ3) is 3.82. The number of carbonyl (C=O) groups is 2. The fraction of sp³-hybridized carbons (Fsp3) is 0.467. The zero-order chi connectivity index (χ0) is 16.4. The molecule has 8 heteroatoms. The van der Waals surface area contributed by atoms with Gasteiger partial charge in [0.05, 0.1) is 18.0 Å². The third-order valence-electron chi connectivity index (χ3n) is 3.87. The molecular weight excluding hydrogens is 318 g/mol. The van der Waals surface area contributed by atoms with Gasteiger partial charge in [-0.15, -0.1) is 0 Å². The highest BCUT2D eigenvalue weighted by Gasteiger charge is 2.28. The summed E-state index contributed by atoms with van der Waals surface area (Å²) in [6, 6.07) is 6.62. The molecule has 0 aromatic heterocycles. The molecule has 1 aliphatic heterocycles. The lowest BCUT2D eigenvalue weighted by atomic mass is 10.2. The van der Waals surface area contributed by atoms with Crippen LogP contribution in [0.15, 0.2) is 24.3 Å². The normalized spacial score (nSPS) is 19.4. The summed E-state index contributed by atoms with van der Waals surface area (Å²) in [4.78, 5) is 23.5. The molecule has 23 heavy (non-hydrogen) atoms. The van der Waals surface area contributed by atoms with Gasteiger partial charge in [-0.1, -0.05) is 0 Å². The number of sulfonamides is 1. The predicted octanol–water partition coefficient (Wildman–Crippen LogP) is 0.235. The molecule has 0 spiro atoms. The van der Waals surface area contributed by atoms with Crippen molar-refractivity contribution in [1.82, 2.24) is 10.6 Å². The molecule has 2 fully saturated rings. The molecule has 1 saturated carbocycles. The molecule has 1 saturated heterocycles. The largest absolute Gasteiger partial charge is 0.352 e. The van der Waals surface area contributed by atoms with Gasteiger partial charge in [0.25, 0.3) is 5.91 Å². The second-order valence-corrected chi connectivity index (χ2v) is 7.83. The van der Waals surface area contributed by atoms with Gasteiger partial charge in [-0.25, -0.2) is 8.42 Å². The Hall–Kier alpha value is -2.09. The van der Waals surface area contributed by atoms with E-state index in [1.54, 1.807) is 24.3 Å². The minimum atomic E-state index is -3.22. The van der Waals surface area contributed by atoms with Gasteiger partial charge in [0.15, 0.2) is 0 Å². The van der Waals surface area contributed by atoms with Crippen molar-refractivity contribution in [3.8, 4) is 0 Å². The summed E-state index contributed by atoms with van der Waals surface area (Å²) >= 11 is 0. The monoisotopic (exact) mass is 337 g/mol. The lowest BCUT2D eigenvalue weighted by molar-refractivity contribution is -0.120. The van der Waals surface area contributed by atoms with Crippen molar-refractivity contribution >= 4 is 27.5 Å². The Balaban J connectivity index is 1.58. The Morgan fingerprint density at radius 2 is 1.87 bits per heavy atom. The van der Waals surface area contributed by atoms with Gasteiger partial charge in [-0.05, 0) is 43.5 Å². The molecule has 0 unspecified atom stereocenters. The van der Waals surface area contributed by atoms with Crippen molar-refractivity contribution in [3.05, 3.63) is 29.8 Å². The first kappa shape index (κ1) is 15.8. The summed E-state index contributed by atoms with van der Waals surface area (Å²) in [5, 5.41) is 5.34. The average Bonchev–Trinajstić information content (AvgIpc) is 3.26. The van der Waals surface area contributed by atoms with E-state index in [1.807, 2.05) is 0 Å². The molecule has 0 bridgehead atoms. The molecule has 1 heterocycles. The van der Waals surface area contributed by atoms with E-state index < -0.39 is 10.0 Å². The van der Waals surface area contributed by atoms with Gasteiger partial charge in [0, 0.05) is 18.2 Å². The first-order chi connectivity index (χ1) is 11.0. The quantitative estimate of drug-likeness (QED) is 0.804. The van der Waals surface area contributed by atoms with E-state index in [0.29, 0.717) is 24.2 Å². The first-order valence-corrected chi connectivity index (χ1v) is 9.25. The Labute approximate surface area is 135 Å². The lowest BCUT2D eigenvalue weighted by Gasteiger charge is -2.17. The highest BCUT2D eigenvalue weighted by atomic mass is 32.2. The summed E-state index contributed by atoms with van der Waals surface area (Å²) in [5.41, 5.74) is 0.954. The van der Waals surface area contributed by atoms with Gasteiger partial charge in [-0.2, -0.15) is 0 Å². The van der Waals surface area contributed by atoms with Gasteiger partial charge < -0.3 is 10.6 Å². The van der Waals surface area contributed by atoms with Crippen LogP contribution in [0.5, 0.6) is 0 Å². The molecule has 1 aliphatic carbocycles. The van der Waals surface area contributed by atoms with Crippen LogP contribution in [0.2, 0.25) is 0 Å². The summed E-state index contributed by atoms with van der Waals surface area (Å²) in [5.74, 6) is -0.391. The highest BCUT2D eigenvalue weighted by Crippen LogP contribution is 2.24. The Morgan fingerprint density at radius 1 is 1.17 bits per heavy atom. The minimum absolute atomic E-state index is 0.0579. The summed E-state index contributed by atoms with van der Waals surface area (Å²) in [6.07, 6.45) is 2.61. The van der Waals surface area contributed by atoms with Crippen LogP contribution in [-0.2, 0) is 14.8 Å². The SMILES string of the molecule is O=C(CNC(=O)c1ccc(N2CCCS2(=O)=O)cc1)NC1CC1. The number of benzene rings is 1. The number of carbonyl (C=O) groups excluding carboxylic acids is 2. The molecule has 124 valence electrons. The first-order valence-electron chi connectivity index (χ1n) is 7.64. The van der Waals surface area contributed by atoms with Crippen LogP contribution in [-0.4, -0.2) is 45.1 Å². The fourth-order valence-electron chi connectivity index (χ4n) is 2.48. The summed E-state index contributed by atoms with van der Waals surface area (Å²) in [7, 11) is -3.22. The van der Waals surface area contributed by atoms with Crippen molar-refractivity contribution < 1.29 is 18.0 Å². The molecule has 2 N–H and O–H groups in total. The van der Waals surface area contributed by atoms with E-state index in [0.717, 1.165) is 12.8 Å². The zero-order valence-corrected chi connectivity index (χ0v) is 13.4. The number of rotatable bonds is 5. The molecular formula is C15H19N3O4S. The molecule has 0 radical (unpaired) electrons. The topological polar surface area (TPSA) is 95.6 Å². The maximum Gasteiger partial charge on any atom is 0.251 e. The van der Waals surface area contributed by atoms with E-state index >= 15 is 0 Å². The Bertz CT molecular complexity index is 711. The zero-order valence-electron chi connectivity index (χ0n) is 12.6. The van der Waals surface area contributed by atoms with Crippen molar-refractivity contribution in [1.29, 1.82) is 0 Å². The number of hydrogen-bond donors (Lipinski definition) is 2. The van der Waals surface area contributed by atoms with Crippen molar-refractivity contribution in [2.24, 2.45) is 0 Å². The van der Waals surface area contributed by atoms with E-state index in [1.165, 1.54) is 4.31 Å². The number of hydrogen-bond acceptors (Lipinski definition) is 4. The maximum absolute atomic E-state index is 12.0. The van der Waals surface area contributed by atoms with Gasteiger partial charge in [0.1, 0.15) is 0 Å². The third-order valence-corrected chi connectivity index (χ3v) is 5.74. The number of amides is 2. The second kappa shape index (κ2) is 6.19. The predicted molar refractivity (Wildman–Crippen MR) is 85.7 cm³/mol. The number of nitrogens with zero attached hydrogens (tertiary/aromatic N) is 1.